The van der Waals surface area contributed by atoms with Crippen LogP contribution in [-0.4, -0.2) is 52.6 Å². The molecule has 2 heterocycles. The van der Waals surface area contributed by atoms with Crippen LogP contribution in [0.2, 0.25) is 0 Å². The van der Waals surface area contributed by atoms with Gasteiger partial charge in [-0.1, -0.05) is 65.9 Å². The first-order chi connectivity index (χ1) is 17.5. The predicted octanol–water partition coefficient (Wildman–Crippen LogP) is 3.88. The highest BCUT2D eigenvalue weighted by Crippen LogP contribution is 2.29. The van der Waals surface area contributed by atoms with Gasteiger partial charge in [0.25, 0.3) is 0 Å². The summed E-state index contributed by atoms with van der Waals surface area (Å²) in [5.74, 6) is 1.01. The maximum atomic E-state index is 9.89. The van der Waals surface area contributed by atoms with Crippen LogP contribution in [0.25, 0.3) is 28.5 Å². The third-order valence-corrected chi connectivity index (χ3v) is 6.75. The summed E-state index contributed by atoms with van der Waals surface area (Å²) in [6.07, 6.45) is 10.1. The minimum atomic E-state index is -0.706. The minimum Gasteiger partial charge on any atom is -0.394 e. The molecule has 5 rings (SSSR count). The second-order valence-corrected chi connectivity index (χ2v) is 9.49. The van der Waals surface area contributed by atoms with Crippen LogP contribution in [0.5, 0.6) is 0 Å². The van der Waals surface area contributed by atoms with Gasteiger partial charge in [-0.25, -0.2) is 4.98 Å². The van der Waals surface area contributed by atoms with Gasteiger partial charge in [-0.3, -0.25) is 4.68 Å². The van der Waals surface area contributed by atoms with Gasteiger partial charge in [0.1, 0.15) is 17.6 Å². The molecule has 2 atom stereocenters. The molecule has 0 radical (unpaired) electrons. The quantitative estimate of drug-likeness (QED) is 0.332. The first-order valence-electron chi connectivity index (χ1n) is 12.3. The molecule has 1 aliphatic rings. The van der Waals surface area contributed by atoms with Crippen LogP contribution >= 0.6 is 0 Å². The van der Waals surface area contributed by atoms with Gasteiger partial charge in [0.05, 0.1) is 24.9 Å². The zero-order valence-electron chi connectivity index (χ0n) is 20.2. The lowest BCUT2D eigenvalue weighted by Crippen LogP contribution is -2.31. The van der Waals surface area contributed by atoms with Crippen molar-refractivity contribution in [2.75, 3.05) is 6.61 Å². The number of imidazole rings is 1. The van der Waals surface area contributed by atoms with Crippen LogP contribution in [0.1, 0.15) is 43.3 Å². The number of aliphatic hydroxyl groups is 3. The zero-order valence-corrected chi connectivity index (χ0v) is 20.2. The molecule has 36 heavy (non-hydrogen) atoms. The highest BCUT2D eigenvalue weighted by molar-refractivity contribution is 5.69. The highest BCUT2D eigenvalue weighted by Gasteiger charge is 2.27. The molecule has 3 N–H and O–H groups in total. The van der Waals surface area contributed by atoms with Crippen molar-refractivity contribution in [2.24, 2.45) is 5.92 Å². The number of hydrogen-bond acceptors (Lipinski definition) is 6. The topological polar surface area (TPSA) is 109 Å². The third kappa shape index (κ3) is 5.31. The lowest BCUT2D eigenvalue weighted by molar-refractivity contribution is 0.0334. The van der Waals surface area contributed by atoms with E-state index < -0.39 is 6.10 Å². The Labute approximate surface area is 210 Å². The molecule has 4 aromatic rings. The monoisotopic (exact) mass is 485 g/mol. The van der Waals surface area contributed by atoms with Gasteiger partial charge in [-0.05, 0) is 42.4 Å². The first-order valence-corrected chi connectivity index (χ1v) is 12.3. The van der Waals surface area contributed by atoms with Crippen LogP contribution in [0.4, 0.5) is 0 Å². The largest absolute Gasteiger partial charge is 0.394 e. The van der Waals surface area contributed by atoms with Gasteiger partial charge in [-0.15, -0.1) is 5.10 Å². The van der Waals surface area contributed by atoms with Crippen LogP contribution in [-0.2, 0) is 6.54 Å². The van der Waals surface area contributed by atoms with Crippen molar-refractivity contribution >= 4 is 6.08 Å². The average Bonchev–Trinajstić information content (AvgIpc) is 3.55. The lowest BCUT2D eigenvalue weighted by Gasteiger charge is -2.30. The Balaban J connectivity index is 1.23. The molecule has 8 nitrogen and oxygen atoms in total. The Hall–Kier alpha value is -3.59. The van der Waals surface area contributed by atoms with E-state index in [1.165, 1.54) is 0 Å². The van der Waals surface area contributed by atoms with E-state index in [4.69, 9.17) is 0 Å². The van der Waals surface area contributed by atoms with E-state index in [2.05, 4.69) is 51.7 Å². The maximum Gasteiger partial charge on any atom is 0.137 e. The van der Waals surface area contributed by atoms with E-state index in [1.54, 1.807) is 23.9 Å². The highest BCUT2D eigenvalue weighted by atomic mass is 16.3. The van der Waals surface area contributed by atoms with E-state index in [9.17, 15) is 15.3 Å². The molecule has 0 amide bonds. The van der Waals surface area contributed by atoms with Crippen LogP contribution in [0.3, 0.4) is 0 Å². The summed E-state index contributed by atoms with van der Waals surface area (Å²) >= 11 is 0. The molecule has 8 heteroatoms. The summed E-state index contributed by atoms with van der Waals surface area (Å²) < 4.78 is 3.65. The summed E-state index contributed by atoms with van der Waals surface area (Å²) in [6, 6.07) is 16.2. The van der Waals surface area contributed by atoms with Gasteiger partial charge in [0.15, 0.2) is 0 Å². The molecule has 0 spiro atoms. The molecule has 0 bridgehead atoms. The van der Waals surface area contributed by atoms with Crippen molar-refractivity contribution in [1.82, 2.24) is 24.5 Å². The van der Waals surface area contributed by atoms with Gasteiger partial charge in [0, 0.05) is 24.5 Å². The molecule has 0 aliphatic heterocycles. The first kappa shape index (κ1) is 24.1. The van der Waals surface area contributed by atoms with Gasteiger partial charge >= 0.3 is 0 Å². The number of hydrogen-bond donors (Lipinski definition) is 3. The number of rotatable bonds is 9. The maximum absolute atomic E-state index is 9.89. The lowest BCUT2D eigenvalue weighted by atomic mass is 9.82. The number of aromatic nitrogens is 5. The van der Waals surface area contributed by atoms with E-state index in [0.29, 0.717) is 11.7 Å². The summed E-state index contributed by atoms with van der Waals surface area (Å²) in [5.41, 5.74) is 5.10. The molecule has 186 valence electrons. The Morgan fingerprint density at radius 1 is 1.03 bits per heavy atom. The summed E-state index contributed by atoms with van der Waals surface area (Å²) in [7, 11) is 0. The Morgan fingerprint density at radius 3 is 2.33 bits per heavy atom. The molecule has 2 aromatic carbocycles. The van der Waals surface area contributed by atoms with Crippen molar-refractivity contribution < 1.29 is 15.3 Å². The molecule has 0 saturated heterocycles. The molecular formula is C28H31N5O3. The van der Waals surface area contributed by atoms with Crippen LogP contribution in [0.15, 0.2) is 73.2 Å². The van der Waals surface area contributed by atoms with Gasteiger partial charge in [-0.2, -0.15) is 0 Å². The number of nitrogens with zero attached hydrogens (tertiary/aromatic N) is 5. The van der Waals surface area contributed by atoms with Crippen molar-refractivity contribution in [1.29, 1.82) is 0 Å². The SMILES string of the molecule is C[C@H](O)c1nccn1C(/C=C/c1ccc(-c2ccc(-c3cn(CC4CC(O)C4)nn3)cc2)cc1)CO. The van der Waals surface area contributed by atoms with Gasteiger partial charge < -0.3 is 19.9 Å². The second-order valence-electron chi connectivity index (χ2n) is 9.49. The number of benzene rings is 2. The van der Waals surface area contributed by atoms with E-state index >= 15 is 0 Å². The van der Waals surface area contributed by atoms with Gasteiger partial charge in [0.2, 0.25) is 0 Å². The van der Waals surface area contributed by atoms with Crippen LogP contribution in [0, 0.1) is 5.92 Å². The predicted molar refractivity (Wildman–Crippen MR) is 138 cm³/mol. The van der Waals surface area contributed by atoms with Crippen LogP contribution < -0.4 is 0 Å². The number of aliphatic hydroxyl groups excluding tert-OH is 3. The van der Waals surface area contributed by atoms with E-state index in [-0.39, 0.29) is 18.8 Å². The third-order valence-electron chi connectivity index (χ3n) is 6.75. The Morgan fingerprint density at radius 2 is 1.69 bits per heavy atom. The minimum absolute atomic E-state index is 0.0888. The fourth-order valence-corrected chi connectivity index (χ4v) is 4.65. The molecular weight excluding hydrogens is 454 g/mol. The van der Waals surface area contributed by atoms with Crippen molar-refractivity contribution in [3.8, 4) is 22.4 Å². The molecule has 1 saturated carbocycles. The van der Waals surface area contributed by atoms with Crippen molar-refractivity contribution in [3.63, 3.8) is 0 Å². The molecule has 1 unspecified atom stereocenters. The summed E-state index contributed by atoms with van der Waals surface area (Å²) in [6.45, 7) is 2.37. The molecule has 1 fully saturated rings. The molecule has 2 aromatic heterocycles. The average molecular weight is 486 g/mol. The fourth-order valence-electron chi connectivity index (χ4n) is 4.65. The normalized spacial score (nSPS) is 19.3. The fraction of sp³-hybridized carbons (Fsp3) is 0.321. The zero-order chi connectivity index (χ0) is 25.1. The van der Waals surface area contributed by atoms with E-state index in [0.717, 1.165) is 47.3 Å². The summed E-state index contributed by atoms with van der Waals surface area (Å²) in [5, 5.41) is 37.8. The van der Waals surface area contributed by atoms with E-state index in [1.807, 2.05) is 35.2 Å². The Bertz CT molecular complexity index is 1300. The molecule has 1 aliphatic carbocycles. The second kappa shape index (κ2) is 10.6. The van der Waals surface area contributed by atoms with Crippen molar-refractivity contribution in [3.05, 3.63) is 84.6 Å². The van der Waals surface area contributed by atoms with Crippen molar-refractivity contribution in [2.45, 2.75) is 44.6 Å². The summed E-state index contributed by atoms with van der Waals surface area (Å²) in [4.78, 5) is 4.18. The smallest absolute Gasteiger partial charge is 0.137 e. The standard InChI is InChI=1S/C28H31N5O3/c1-19(35)28-29-12-13-33(28)25(18-34)11-4-20-2-5-22(6-3-20)23-7-9-24(10-8-23)27-17-32(31-30-27)16-21-14-26(36)15-21/h2-13,17,19,21,25-26,34-36H,14-16,18H2,1H3/b11-4+/t19-,21?,25?,26?/m0/s1. The Kier molecular flexibility index (Phi) is 7.09.